The topological polar surface area (TPSA) is 57.4 Å². The predicted molar refractivity (Wildman–Crippen MR) is 89.7 cm³/mol. The molecule has 130 valence electrons. The molecule has 1 heterocycles. The Morgan fingerprint density at radius 1 is 1.08 bits per heavy atom. The summed E-state index contributed by atoms with van der Waals surface area (Å²) in [4.78, 5) is 4.08. The molecule has 0 aliphatic carbocycles. The highest BCUT2D eigenvalue weighted by Gasteiger charge is 2.29. The zero-order valence-electron chi connectivity index (χ0n) is 13.3. The molecule has 0 aliphatic rings. The van der Waals surface area contributed by atoms with Gasteiger partial charge in [0.05, 0.1) is 7.11 Å². The second-order valence-corrected chi connectivity index (χ2v) is 5.39. The minimum atomic E-state index is -4.44. The van der Waals surface area contributed by atoms with Gasteiger partial charge >= 0.3 is 6.18 Å². The van der Waals surface area contributed by atoms with E-state index >= 15 is 0 Å². The van der Waals surface area contributed by atoms with Gasteiger partial charge in [-0.25, -0.2) is 4.98 Å². The number of benzene rings is 2. The maximum absolute atomic E-state index is 12.5. The first kappa shape index (κ1) is 16.9. The van der Waals surface area contributed by atoms with Crippen LogP contribution in [-0.2, 0) is 0 Å². The van der Waals surface area contributed by atoms with Crippen LogP contribution in [0, 0.1) is 0 Å². The number of nitrogen functional groups attached to an aromatic ring is 1. The van der Waals surface area contributed by atoms with Gasteiger partial charge < -0.3 is 15.2 Å². The Kier molecular flexibility index (Phi) is 4.39. The number of fused-ring (bicyclic) bond motifs is 1. The van der Waals surface area contributed by atoms with Crippen LogP contribution in [0.15, 0.2) is 48.7 Å². The van der Waals surface area contributed by atoms with Gasteiger partial charge in [-0.15, -0.1) is 0 Å². The third kappa shape index (κ3) is 3.60. The fraction of sp³-hybridized carbons (Fsp3) is 0.167. The van der Waals surface area contributed by atoms with E-state index in [1.807, 2.05) is 12.1 Å². The molecule has 2 aromatic carbocycles. The number of halogens is 3. The number of nitrogens with two attached hydrogens (primary N) is 1. The lowest BCUT2D eigenvalue weighted by molar-refractivity contribution is -0.153. The molecule has 0 radical (unpaired) electrons. The molecule has 0 saturated carbocycles. The molecule has 0 atom stereocenters. The minimum Gasteiger partial charge on any atom is -0.496 e. The highest BCUT2D eigenvalue weighted by atomic mass is 19.4. The maximum Gasteiger partial charge on any atom is 0.422 e. The van der Waals surface area contributed by atoms with Gasteiger partial charge in [-0.1, -0.05) is 18.2 Å². The first-order valence-corrected chi connectivity index (χ1v) is 7.40. The average molecular weight is 348 g/mol. The summed E-state index contributed by atoms with van der Waals surface area (Å²) in [5, 5.41) is 1.07. The van der Waals surface area contributed by atoms with E-state index in [1.165, 1.54) is 13.3 Å². The smallest absolute Gasteiger partial charge is 0.422 e. The maximum atomic E-state index is 12.5. The standard InChI is InChI=1S/C18H15F3N2O2/c1-24-15-4-2-3-13-16(15)14(11-5-7-12(22)8-6-11)9-23-17(13)25-10-18(19,20)21/h2-9H,10,22H2,1H3. The highest BCUT2D eigenvalue weighted by molar-refractivity contribution is 6.02. The first-order chi connectivity index (χ1) is 11.9. The number of anilines is 1. The molecule has 25 heavy (non-hydrogen) atoms. The van der Waals surface area contributed by atoms with E-state index < -0.39 is 12.8 Å². The number of methoxy groups -OCH3 is 1. The fourth-order valence-electron chi connectivity index (χ4n) is 2.56. The molecule has 3 aromatic rings. The van der Waals surface area contributed by atoms with Crippen LogP contribution < -0.4 is 15.2 Å². The van der Waals surface area contributed by atoms with Crippen molar-refractivity contribution in [2.24, 2.45) is 0 Å². The van der Waals surface area contributed by atoms with E-state index in [2.05, 4.69) is 4.98 Å². The fourth-order valence-corrected chi connectivity index (χ4v) is 2.56. The van der Waals surface area contributed by atoms with E-state index in [0.29, 0.717) is 27.8 Å². The van der Waals surface area contributed by atoms with Gasteiger partial charge in [0.2, 0.25) is 5.88 Å². The van der Waals surface area contributed by atoms with Crippen LogP contribution in [0.2, 0.25) is 0 Å². The lowest BCUT2D eigenvalue weighted by Crippen LogP contribution is -2.19. The van der Waals surface area contributed by atoms with Gasteiger partial charge in [-0.05, 0) is 29.8 Å². The Morgan fingerprint density at radius 3 is 2.44 bits per heavy atom. The summed E-state index contributed by atoms with van der Waals surface area (Å²) in [7, 11) is 1.50. The number of rotatable bonds is 4. The zero-order valence-corrected chi connectivity index (χ0v) is 13.3. The van der Waals surface area contributed by atoms with Crippen molar-refractivity contribution in [3.05, 3.63) is 48.7 Å². The van der Waals surface area contributed by atoms with Gasteiger partial charge in [-0.3, -0.25) is 0 Å². The largest absolute Gasteiger partial charge is 0.496 e. The molecule has 0 bridgehead atoms. The molecule has 0 unspecified atom stereocenters. The Morgan fingerprint density at radius 2 is 1.80 bits per heavy atom. The molecule has 3 rings (SSSR count). The van der Waals surface area contributed by atoms with Gasteiger partial charge in [-0.2, -0.15) is 13.2 Å². The Bertz CT molecular complexity index is 893. The van der Waals surface area contributed by atoms with E-state index in [9.17, 15) is 13.2 Å². The van der Waals surface area contributed by atoms with Crippen molar-refractivity contribution in [2.75, 3.05) is 19.5 Å². The predicted octanol–water partition coefficient (Wildman–Crippen LogP) is 4.43. The molecule has 0 saturated heterocycles. The second-order valence-electron chi connectivity index (χ2n) is 5.39. The molecule has 2 N–H and O–H groups in total. The molecule has 0 amide bonds. The van der Waals surface area contributed by atoms with Crippen molar-refractivity contribution >= 4 is 16.5 Å². The van der Waals surface area contributed by atoms with Crippen LogP contribution in [-0.4, -0.2) is 24.9 Å². The van der Waals surface area contributed by atoms with E-state index in [4.69, 9.17) is 15.2 Å². The Labute approximate surface area is 142 Å². The zero-order chi connectivity index (χ0) is 18.0. The Balaban J connectivity index is 2.17. The van der Waals surface area contributed by atoms with Gasteiger partial charge in [0.15, 0.2) is 6.61 Å². The second kappa shape index (κ2) is 6.51. The number of nitrogens with zero attached hydrogens (tertiary/aromatic N) is 1. The molecule has 0 fully saturated rings. The van der Waals surface area contributed by atoms with E-state index in [1.54, 1.807) is 30.3 Å². The molecular weight excluding hydrogens is 333 g/mol. The number of hydrogen-bond donors (Lipinski definition) is 1. The highest BCUT2D eigenvalue weighted by Crippen LogP contribution is 2.38. The lowest BCUT2D eigenvalue weighted by atomic mass is 9.99. The number of hydrogen-bond acceptors (Lipinski definition) is 4. The number of alkyl halides is 3. The minimum absolute atomic E-state index is 0.0922. The lowest BCUT2D eigenvalue weighted by Gasteiger charge is -2.15. The molecule has 7 heteroatoms. The Hall–Kier alpha value is -2.96. The monoisotopic (exact) mass is 348 g/mol. The normalized spacial score (nSPS) is 11.5. The number of pyridine rings is 1. The van der Waals surface area contributed by atoms with Crippen molar-refractivity contribution in [3.63, 3.8) is 0 Å². The van der Waals surface area contributed by atoms with Crippen LogP contribution in [0.3, 0.4) is 0 Å². The van der Waals surface area contributed by atoms with Crippen molar-refractivity contribution in [1.29, 1.82) is 0 Å². The summed E-state index contributed by atoms with van der Waals surface area (Å²) in [6.45, 7) is -1.41. The van der Waals surface area contributed by atoms with Crippen LogP contribution in [0.25, 0.3) is 21.9 Å². The van der Waals surface area contributed by atoms with Crippen LogP contribution in [0.5, 0.6) is 11.6 Å². The summed E-state index contributed by atoms with van der Waals surface area (Å²) >= 11 is 0. The third-order valence-electron chi connectivity index (χ3n) is 3.65. The van der Waals surface area contributed by atoms with Crippen molar-refractivity contribution < 1.29 is 22.6 Å². The van der Waals surface area contributed by atoms with E-state index in [-0.39, 0.29) is 5.88 Å². The summed E-state index contributed by atoms with van der Waals surface area (Å²) in [5.41, 5.74) is 7.85. The average Bonchev–Trinajstić information content (AvgIpc) is 2.59. The third-order valence-corrected chi connectivity index (χ3v) is 3.65. The quantitative estimate of drug-likeness (QED) is 0.709. The van der Waals surface area contributed by atoms with Gasteiger partial charge in [0, 0.05) is 28.2 Å². The van der Waals surface area contributed by atoms with Crippen LogP contribution in [0.1, 0.15) is 0 Å². The molecule has 1 aromatic heterocycles. The summed E-state index contributed by atoms with van der Waals surface area (Å²) in [5.74, 6) is 0.425. The van der Waals surface area contributed by atoms with Crippen molar-refractivity contribution in [3.8, 4) is 22.8 Å². The van der Waals surface area contributed by atoms with Gasteiger partial charge in [0.25, 0.3) is 0 Å². The summed E-state index contributed by atoms with van der Waals surface area (Å²) < 4.78 is 47.7. The molecule has 0 aliphatic heterocycles. The van der Waals surface area contributed by atoms with Crippen molar-refractivity contribution in [2.45, 2.75) is 6.18 Å². The SMILES string of the molecule is COc1cccc2c(OCC(F)(F)F)ncc(-c3ccc(N)cc3)c12. The summed E-state index contributed by atoms with van der Waals surface area (Å²) in [6.07, 6.45) is -2.97. The summed E-state index contributed by atoms with van der Waals surface area (Å²) in [6, 6.07) is 12.2. The molecular formula is C18H15F3N2O2. The van der Waals surface area contributed by atoms with Crippen LogP contribution >= 0.6 is 0 Å². The first-order valence-electron chi connectivity index (χ1n) is 7.40. The number of aromatic nitrogens is 1. The molecule has 0 spiro atoms. The van der Waals surface area contributed by atoms with E-state index in [0.717, 1.165) is 5.56 Å². The van der Waals surface area contributed by atoms with Crippen LogP contribution in [0.4, 0.5) is 18.9 Å². The number of ether oxygens (including phenoxy) is 2. The van der Waals surface area contributed by atoms with Crippen molar-refractivity contribution in [1.82, 2.24) is 4.98 Å². The van der Waals surface area contributed by atoms with Gasteiger partial charge in [0.1, 0.15) is 5.75 Å². The molecule has 4 nitrogen and oxygen atoms in total.